The predicted octanol–water partition coefficient (Wildman–Crippen LogP) is 3.56. The Morgan fingerprint density at radius 2 is 2.00 bits per heavy atom. The molecule has 2 rings (SSSR count). The van der Waals surface area contributed by atoms with Crippen LogP contribution in [0, 0.1) is 0 Å². The van der Waals surface area contributed by atoms with E-state index >= 15 is 0 Å². The largest absolute Gasteiger partial charge is 0.469 e. The van der Waals surface area contributed by atoms with E-state index in [0.29, 0.717) is 6.42 Å². The number of rotatable bonds is 7. The van der Waals surface area contributed by atoms with E-state index in [1.165, 1.54) is 15.8 Å². The SMILES string of the molecule is COC(=O)Cc1ccccc1CNCCc1ccc(Br)s1. The third-order valence-electron chi connectivity index (χ3n) is 3.17. The molecular weight excluding hydrogens is 350 g/mol. The molecule has 1 aromatic carbocycles. The van der Waals surface area contributed by atoms with Gasteiger partial charge in [-0.1, -0.05) is 24.3 Å². The minimum atomic E-state index is -0.203. The van der Waals surface area contributed by atoms with Crippen LogP contribution < -0.4 is 5.32 Å². The average molecular weight is 368 g/mol. The van der Waals surface area contributed by atoms with E-state index in [4.69, 9.17) is 4.74 Å². The van der Waals surface area contributed by atoms with Crippen molar-refractivity contribution in [3.8, 4) is 0 Å². The first kappa shape index (κ1) is 16.2. The quantitative estimate of drug-likeness (QED) is 0.600. The summed E-state index contributed by atoms with van der Waals surface area (Å²) in [6.45, 7) is 1.68. The predicted molar refractivity (Wildman–Crippen MR) is 89.6 cm³/mol. The maximum Gasteiger partial charge on any atom is 0.309 e. The Labute approximate surface area is 137 Å². The monoisotopic (exact) mass is 367 g/mol. The van der Waals surface area contributed by atoms with Crippen molar-refractivity contribution < 1.29 is 9.53 Å². The summed E-state index contributed by atoms with van der Waals surface area (Å²) >= 11 is 5.24. The molecule has 5 heteroatoms. The first-order valence-electron chi connectivity index (χ1n) is 6.77. The lowest BCUT2D eigenvalue weighted by molar-refractivity contribution is -0.139. The van der Waals surface area contributed by atoms with Crippen LogP contribution in [0.2, 0.25) is 0 Å². The zero-order valence-electron chi connectivity index (χ0n) is 11.9. The number of thiophene rings is 1. The van der Waals surface area contributed by atoms with Gasteiger partial charge >= 0.3 is 5.97 Å². The molecule has 1 aromatic heterocycles. The van der Waals surface area contributed by atoms with Crippen LogP contribution >= 0.6 is 27.3 Å². The molecule has 0 bridgehead atoms. The Morgan fingerprint density at radius 1 is 1.24 bits per heavy atom. The first-order valence-corrected chi connectivity index (χ1v) is 8.38. The van der Waals surface area contributed by atoms with Gasteiger partial charge in [0.1, 0.15) is 0 Å². The summed E-state index contributed by atoms with van der Waals surface area (Å²) in [5.41, 5.74) is 2.17. The summed E-state index contributed by atoms with van der Waals surface area (Å²) in [4.78, 5) is 12.8. The Balaban J connectivity index is 1.83. The van der Waals surface area contributed by atoms with Crippen LogP contribution in [0.5, 0.6) is 0 Å². The fraction of sp³-hybridized carbons (Fsp3) is 0.312. The summed E-state index contributed by atoms with van der Waals surface area (Å²) in [7, 11) is 1.42. The van der Waals surface area contributed by atoms with Crippen LogP contribution in [0.3, 0.4) is 0 Å². The molecule has 0 spiro atoms. The maximum atomic E-state index is 11.4. The van der Waals surface area contributed by atoms with Crippen molar-refractivity contribution in [3.63, 3.8) is 0 Å². The highest BCUT2D eigenvalue weighted by Gasteiger charge is 2.07. The van der Waals surface area contributed by atoms with Crippen LogP contribution in [-0.4, -0.2) is 19.6 Å². The van der Waals surface area contributed by atoms with Crippen LogP contribution in [0.1, 0.15) is 16.0 Å². The van der Waals surface area contributed by atoms with Crippen molar-refractivity contribution in [2.75, 3.05) is 13.7 Å². The van der Waals surface area contributed by atoms with Crippen LogP contribution in [-0.2, 0) is 28.9 Å². The molecule has 0 saturated carbocycles. The summed E-state index contributed by atoms with van der Waals surface area (Å²) in [5, 5.41) is 3.43. The Bertz CT molecular complexity index is 597. The first-order chi connectivity index (χ1) is 10.2. The van der Waals surface area contributed by atoms with E-state index in [0.717, 1.165) is 30.6 Å². The van der Waals surface area contributed by atoms with Crippen molar-refractivity contribution in [1.82, 2.24) is 5.32 Å². The number of carbonyl (C=O) groups excluding carboxylic acids is 1. The zero-order valence-corrected chi connectivity index (χ0v) is 14.3. The molecule has 0 aliphatic carbocycles. The average Bonchev–Trinajstić information content (AvgIpc) is 2.90. The van der Waals surface area contributed by atoms with E-state index in [-0.39, 0.29) is 5.97 Å². The van der Waals surface area contributed by atoms with Crippen molar-refractivity contribution >= 4 is 33.2 Å². The molecular formula is C16H18BrNO2S. The standard InChI is InChI=1S/C16H18BrNO2S/c1-20-16(19)10-12-4-2-3-5-13(12)11-18-9-8-14-6-7-15(17)21-14/h2-7,18H,8-11H2,1H3. The lowest BCUT2D eigenvalue weighted by atomic mass is 10.0. The molecule has 21 heavy (non-hydrogen) atoms. The van der Waals surface area contributed by atoms with Gasteiger partial charge in [0.2, 0.25) is 0 Å². The number of benzene rings is 1. The van der Waals surface area contributed by atoms with Crippen molar-refractivity contribution in [1.29, 1.82) is 0 Å². The Morgan fingerprint density at radius 3 is 2.67 bits per heavy atom. The van der Waals surface area contributed by atoms with Gasteiger partial charge in [-0.2, -0.15) is 0 Å². The van der Waals surface area contributed by atoms with E-state index in [1.807, 2.05) is 24.3 Å². The lowest BCUT2D eigenvalue weighted by Gasteiger charge is -2.09. The van der Waals surface area contributed by atoms with Crippen LogP contribution in [0.25, 0.3) is 0 Å². The highest BCUT2D eigenvalue weighted by Crippen LogP contribution is 2.22. The number of ether oxygens (including phenoxy) is 1. The van der Waals surface area contributed by atoms with Gasteiger partial charge in [-0.3, -0.25) is 4.79 Å². The number of methoxy groups -OCH3 is 1. The van der Waals surface area contributed by atoms with Crippen molar-refractivity contribution in [3.05, 3.63) is 56.2 Å². The van der Waals surface area contributed by atoms with Gasteiger partial charge < -0.3 is 10.1 Å². The molecule has 0 saturated heterocycles. The number of nitrogens with one attached hydrogen (secondary N) is 1. The zero-order chi connectivity index (χ0) is 15.1. The summed E-state index contributed by atoms with van der Waals surface area (Å²) in [6.07, 6.45) is 1.33. The molecule has 0 amide bonds. The number of halogens is 1. The summed E-state index contributed by atoms with van der Waals surface area (Å²) < 4.78 is 5.90. The summed E-state index contributed by atoms with van der Waals surface area (Å²) in [5.74, 6) is -0.203. The van der Waals surface area contributed by atoms with Gasteiger partial charge in [0.25, 0.3) is 0 Å². The Kier molecular flexibility index (Phi) is 6.42. The minimum absolute atomic E-state index is 0.203. The fourth-order valence-corrected chi connectivity index (χ4v) is 3.53. The fourth-order valence-electron chi connectivity index (χ4n) is 2.05. The highest BCUT2D eigenvalue weighted by atomic mass is 79.9. The van der Waals surface area contributed by atoms with E-state index in [2.05, 4.69) is 33.4 Å². The van der Waals surface area contributed by atoms with Gasteiger partial charge in [0.15, 0.2) is 0 Å². The highest BCUT2D eigenvalue weighted by molar-refractivity contribution is 9.11. The lowest BCUT2D eigenvalue weighted by Crippen LogP contribution is -2.18. The Hall–Kier alpha value is -1.17. The number of hydrogen-bond donors (Lipinski definition) is 1. The number of carbonyl (C=O) groups is 1. The van der Waals surface area contributed by atoms with Crippen LogP contribution in [0.4, 0.5) is 0 Å². The molecule has 0 aliphatic rings. The van der Waals surface area contributed by atoms with Gasteiger partial charge in [0, 0.05) is 18.0 Å². The third kappa shape index (κ3) is 5.26. The third-order valence-corrected chi connectivity index (χ3v) is 4.86. The molecule has 0 unspecified atom stereocenters. The van der Waals surface area contributed by atoms with Gasteiger partial charge in [0.05, 0.1) is 17.3 Å². The van der Waals surface area contributed by atoms with Gasteiger partial charge in [-0.15, -0.1) is 11.3 Å². The van der Waals surface area contributed by atoms with Crippen molar-refractivity contribution in [2.45, 2.75) is 19.4 Å². The van der Waals surface area contributed by atoms with Gasteiger partial charge in [-0.05, 0) is 45.6 Å². The molecule has 0 radical (unpaired) electrons. The van der Waals surface area contributed by atoms with Crippen LogP contribution in [0.15, 0.2) is 40.2 Å². The molecule has 112 valence electrons. The van der Waals surface area contributed by atoms with E-state index in [1.54, 1.807) is 11.3 Å². The number of esters is 1. The normalized spacial score (nSPS) is 10.6. The molecule has 2 aromatic rings. The number of hydrogen-bond acceptors (Lipinski definition) is 4. The topological polar surface area (TPSA) is 38.3 Å². The molecule has 0 aliphatic heterocycles. The van der Waals surface area contributed by atoms with E-state index < -0.39 is 0 Å². The second-order valence-electron chi connectivity index (χ2n) is 4.65. The van der Waals surface area contributed by atoms with Crippen molar-refractivity contribution in [2.24, 2.45) is 0 Å². The molecule has 0 atom stereocenters. The second-order valence-corrected chi connectivity index (χ2v) is 7.20. The second kappa shape index (κ2) is 8.32. The molecule has 0 fully saturated rings. The molecule has 1 heterocycles. The minimum Gasteiger partial charge on any atom is -0.469 e. The maximum absolute atomic E-state index is 11.4. The van der Waals surface area contributed by atoms with Gasteiger partial charge in [-0.25, -0.2) is 0 Å². The van der Waals surface area contributed by atoms with E-state index in [9.17, 15) is 4.79 Å². The summed E-state index contributed by atoms with van der Waals surface area (Å²) in [6, 6.07) is 12.2. The molecule has 3 nitrogen and oxygen atoms in total. The smallest absolute Gasteiger partial charge is 0.309 e. The molecule has 1 N–H and O–H groups in total.